The van der Waals surface area contributed by atoms with Crippen molar-refractivity contribution in [2.24, 2.45) is 0 Å². The minimum absolute atomic E-state index is 0.148. The van der Waals surface area contributed by atoms with Gasteiger partial charge in [0.1, 0.15) is 11.5 Å². The van der Waals surface area contributed by atoms with Gasteiger partial charge in [0.25, 0.3) is 5.91 Å². The summed E-state index contributed by atoms with van der Waals surface area (Å²) in [6, 6.07) is 7.27. The summed E-state index contributed by atoms with van der Waals surface area (Å²) >= 11 is 0. The third kappa shape index (κ3) is 2.83. The van der Waals surface area contributed by atoms with E-state index < -0.39 is 0 Å². The summed E-state index contributed by atoms with van der Waals surface area (Å²) in [5.74, 6) is 0.574. The van der Waals surface area contributed by atoms with Crippen molar-refractivity contribution in [3.05, 3.63) is 59.9 Å². The lowest BCUT2D eigenvalue weighted by Crippen LogP contribution is -2.25. The van der Waals surface area contributed by atoms with Gasteiger partial charge in [0, 0.05) is 18.7 Å². The third-order valence-corrected chi connectivity index (χ3v) is 3.44. The average Bonchev–Trinajstić information content (AvgIpc) is 3.19. The van der Waals surface area contributed by atoms with Crippen LogP contribution in [0.1, 0.15) is 30.1 Å². The highest BCUT2D eigenvalue weighted by atomic mass is 16.3. The Kier molecular flexibility index (Phi) is 3.87. The molecule has 3 rings (SSSR count). The fourth-order valence-electron chi connectivity index (χ4n) is 2.31. The molecule has 0 atom stereocenters. The highest BCUT2D eigenvalue weighted by Gasteiger charge is 2.16. The molecule has 0 saturated carbocycles. The number of carbonyl (C=O) groups is 1. The number of hydrogen-bond acceptors (Lipinski definition) is 3. The summed E-state index contributed by atoms with van der Waals surface area (Å²) in [5, 5.41) is 2.86. The summed E-state index contributed by atoms with van der Waals surface area (Å²) < 4.78 is 12.6. The van der Waals surface area contributed by atoms with E-state index in [2.05, 4.69) is 11.4 Å². The molecule has 0 fully saturated rings. The SMILES string of the molecule is CC(C)=CCn1c(C(=O)NCc2ccco2)cc2occc21. The van der Waals surface area contributed by atoms with Crippen molar-refractivity contribution in [2.45, 2.75) is 26.9 Å². The quantitative estimate of drug-likeness (QED) is 0.730. The third-order valence-electron chi connectivity index (χ3n) is 3.44. The molecule has 0 bridgehead atoms. The van der Waals surface area contributed by atoms with Crippen LogP contribution in [0, 0.1) is 0 Å². The first-order valence-corrected chi connectivity index (χ1v) is 7.16. The van der Waals surface area contributed by atoms with Crippen molar-refractivity contribution in [1.29, 1.82) is 0 Å². The van der Waals surface area contributed by atoms with Crippen LogP contribution >= 0.6 is 0 Å². The first-order valence-electron chi connectivity index (χ1n) is 7.16. The maximum atomic E-state index is 12.4. The Balaban J connectivity index is 1.85. The van der Waals surface area contributed by atoms with E-state index in [1.54, 1.807) is 24.7 Å². The first kappa shape index (κ1) is 14.3. The molecule has 0 saturated heterocycles. The molecule has 3 heterocycles. The Morgan fingerprint density at radius 2 is 2.14 bits per heavy atom. The van der Waals surface area contributed by atoms with E-state index >= 15 is 0 Å². The molecule has 1 amide bonds. The molecule has 22 heavy (non-hydrogen) atoms. The fraction of sp³-hybridized carbons (Fsp3) is 0.235. The maximum Gasteiger partial charge on any atom is 0.268 e. The van der Waals surface area contributed by atoms with Crippen LogP contribution in [-0.4, -0.2) is 10.5 Å². The normalized spacial score (nSPS) is 10.8. The first-order chi connectivity index (χ1) is 10.6. The molecule has 3 aromatic heterocycles. The molecule has 3 aromatic rings. The second-order valence-corrected chi connectivity index (χ2v) is 5.35. The van der Waals surface area contributed by atoms with Gasteiger partial charge >= 0.3 is 0 Å². The number of aromatic nitrogens is 1. The monoisotopic (exact) mass is 298 g/mol. The van der Waals surface area contributed by atoms with Gasteiger partial charge in [0.15, 0.2) is 5.58 Å². The van der Waals surface area contributed by atoms with Crippen molar-refractivity contribution in [3.63, 3.8) is 0 Å². The van der Waals surface area contributed by atoms with E-state index in [0.717, 1.165) is 11.3 Å². The summed E-state index contributed by atoms with van der Waals surface area (Å²) in [6.45, 7) is 5.06. The second-order valence-electron chi connectivity index (χ2n) is 5.35. The standard InChI is InChI=1S/C17H18N2O3/c1-12(2)5-7-19-14-6-9-22-16(14)10-15(19)17(20)18-11-13-4-3-8-21-13/h3-6,8-10H,7,11H2,1-2H3,(H,18,20). The molecule has 0 spiro atoms. The lowest BCUT2D eigenvalue weighted by Gasteiger charge is -2.08. The smallest absolute Gasteiger partial charge is 0.268 e. The number of hydrogen-bond donors (Lipinski definition) is 1. The Labute approximate surface area is 128 Å². The summed E-state index contributed by atoms with van der Waals surface area (Å²) in [7, 11) is 0. The molecule has 0 radical (unpaired) electrons. The van der Waals surface area contributed by atoms with Crippen molar-refractivity contribution >= 4 is 17.0 Å². The Morgan fingerprint density at radius 3 is 2.86 bits per heavy atom. The fourth-order valence-corrected chi connectivity index (χ4v) is 2.31. The van der Waals surface area contributed by atoms with Gasteiger partial charge in [-0.25, -0.2) is 0 Å². The van der Waals surface area contributed by atoms with Gasteiger partial charge in [-0.2, -0.15) is 0 Å². The molecule has 0 aromatic carbocycles. The topological polar surface area (TPSA) is 60.3 Å². The summed E-state index contributed by atoms with van der Waals surface area (Å²) in [6.07, 6.45) is 5.30. The summed E-state index contributed by atoms with van der Waals surface area (Å²) in [5.41, 5.74) is 3.41. The highest BCUT2D eigenvalue weighted by Crippen LogP contribution is 2.21. The van der Waals surface area contributed by atoms with E-state index in [9.17, 15) is 4.79 Å². The zero-order valence-corrected chi connectivity index (χ0v) is 12.6. The van der Waals surface area contributed by atoms with Gasteiger partial charge in [0.2, 0.25) is 0 Å². The van der Waals surface area contributed by atoms with Crippen LogP contribution in [0.25, 0.3) is 11.1 Å². The number of nitrogens with one attached hydrogen (secondary N) is 1. The minimum atomic E-state index is -0.148. The van der Waals surface area contributed by atoms with Crippen molar-refractivity contribution in [1.82, 2.24) is 9.88 Å². The molecule has 5 heteroatoms. The van der Waals surface area contributed by atoms with Gasteiger partial charge < -0.3 is 18.7 Å². The number of rotatable bonds is 5. The van der Waals surface area contributed by atoms with E-state index in [1.165, 1.54) is 5.57 Å². The van der Waals surface area contributed by atoms with E-state index in [4.69, 9.17) is 8.83 Å². The number of furan rings is 2. The maximum absolute atomic E-state index is 12.4. The number of fused-ring (bicyclic) bond motifs is 1. The van der Waals surface area contributed by atoms with Crippen LogP contribution in [0.4, 0.5) is 0 Å². The predicted molar refractivity (Wildman–Crippen MR) is 83.5 cm³/mol. The van der Waals surface area contributed by atoms with Crippen LogP contribution in [0.2, 0.25) is 0 Å². The molecular weight excluding hydrogens is 280 g/mol. The van der Waals surface area contributed by atoms with Gasteiger partial charge in [-0.1, -0.05) is 11.6 Å². The molecule has 0 unspecified atom stereocenters. The average molecular weight is 298 g/mol. The Morgan fingerprint density at radius 1 is 1.27 bits per heavy atom. The molecular formula is C17H18N2O3. The van der Waals surface area contributed by atoms with Crippen molar-refractivity contribution < 1.29 is 13.6 Å². The van der Waals surface area contributed by atoms with Crippen LogP contribution in [0.3, 0.4) is 0 Å². The van der Waals surface area contributed by atoms with Crippen LogP contribution in [-0.2, 0) is 13.1 Å². The van der Waals surface area contributed by atoms with Crippen LogP contribution in [0.5, 0.6) is 0 Å². The molecule has 5 nitrogen and oxygen atoms in total. The Bertz CT molecular complexity index is 802. The lowest BCUT2D eigenvalue weighted by molar-refractivity contribution is 0.0939. The van der Waals surface area contributed by atoms with Crippen LogP contribution < -0.4 is 5.32 Å². The lowest BCUT2D eigenvalue weighted by atomic mass is 10.3. The van der Waals surface area contributed by atoms with Gasteiger partial charge in [0.05, 0.1) is 24.6 Å². The number of nitrogens with zero attached hydrogens (tertiary/aromatic N) is 1. The zero-order chi connectivity index (χ0) is 15.5. The van der Waals surface area contributed by atoms with Crippen molar-refractivity contribution in [2.75, 3.05) is 0 Å². The van der Waals surface area contributed by atoms with E-state index in [-0.39, 0.29) is 5.91 Å². The Hall–Kier alpha value is -2.69. The van der Waals surface area contributed by atoms with E-state index in [0.29, 0.717) is 24.4 Å². The summed E-state index contributed by atoms with van der Waals surface area (Å²) in [4.78, 5) is 12.4. The number of amides is 1. The predicted octanol–water partition coefficient (Wildman–Crippen LogP) is 3.72. The van der Waals surface area contributed by atoms with E-state index in [1.807, 2.05) is 30.5 Å². The molecule has 0 aliphatic heterocycles. The molecule has 1 N–H and O–H groups in total. The minimum Gasteiger partial charge on any atom is -0.467 e. The number of carbonyl (C=O) groups excluding carboxylic acids is 1. The largest absolute Gasteiger partial charge is 0.467 e. The highest BCUT2D eigenvalue weighted by molar-refractivity contribution is 5.97. The second kappa shape index (κ2) is 5.97. The molecule has 0 aliphatic rings. The van der Waals surface area contributed by atoms with Gasteiger partial charge in [-0.05, 0) is 26.0 Å². The van der Waals surface area contributed by atoms with Crippen LogP contribution in [0.15, 0.2) is 57.3 Å². The van der Waals surface area contributed by atoms with Gasteiger partial charge in [-0.3, -0.25) is 4.79 Å². The van der Waals surface area contributed by atoms with Gasteiger partial charge in [-0.15, -0.1) is 0 Å². The zero-order valence-electron chi connectivity index (χ0n) is 12.6. The number of allylic oxidation sites excluding steroid dienone is 2. The molecule has 0 aliphatic carbocycles. The molecule has 114 valence electrons. The van der Waals surface area contributed by atoms with Crippen molar-refractivity contribution in [3.8, 4) is 0 Å².